The second kappa shape index (κ2) is 17.7. The minimum atomic E-state index is -0.314. The molecule has 0 aliphatic carbocycles. The van der Waals surface area contributed by atoms with Crippen molar-refractivity contribution in [2.75, 3.05) is 6.61 Å². The quantitative estimate of drug-likeness (QED) is 0.181. The van der Waals surface area contributed by atoms with E-state index in [0.29, 0.717) is 24.0 Å². The molecule has 0 unspecified atom stereocenters. The fourth-order valence-corrected chi connectivity index (χ4v) is 4.66. The van der Waals surface area contributed by atoms with Crippen LogP contribution in [0.4, 0.5) is 0 Å². The van der Waals surface area contributed by atoms with Gasteiger partial charge in [-0.1, -0.05) is 93.5 Å². The number of carbonyl (C=O) groups is 1. The molecule has 7 heteroatoms. The first-order valence-corrected chi connectivity index (χ1v) is 16.9. The Morgan fingerprint density at radius 1 is 0.848 bits per heavy atom. The fraction of sp³-hybridized carbons (Fsp3) is 0.436. The van der Waals surface area contributed by atoms with Crippen LogP contribution < -0.4 is 0 Å². The molecule has 248 valence electrons. The number of nitrogens with zero attached hydrogens (tertiary/aromatic N) is 3. The molecule has 0 spiro atoms. The zero-order valence-corrected chi connectivity index (χ0v) is 30.7. The Bertz CT molecular complexity index is 1590. The van der Waals surface area contributed by atoms with Gasteiger partial charge >= 0.3 is 5.97 Å². The van der Waals surface area contributed by atoms with Crippen LogP contribution in [-0.2, 0) is 15.6 Å². The van der Waals surface area contributed by atoms with Crippen molar-refractivity contribution in [1.29, 1.82) is 0 Å². The Kier molecular flexibility index (Phi) is 14.8. The van der Waals surface area contributed by atoms with Gasteiger partial charge in [0.2, 0.25) is 0 Å². The van der Waals surface area contributed by atoms with Gasteiger partial charge in [0.05, 0.1) is 22.7 Å². The smallest absolute Gasteiger partial charge is 0.339 e. The van der Waals surface area contributed by atoms with Crippen molar-refractivity contribution in [3.05, 3.63) is 112 Å². The van der Waals surface area contributed by atoms with Crippen LogP contribution in [-0.4, -0.2) is 27.5 Å². The highest BCUT2D eigenvalue weighted by Crippen LogP contribution is 2.23. The molecule has 5 rings (SSSR count). The Morgan fingerprint density at radius 3 is 1.98 bits per heavy atom. The molecule has 0 saturated heterocycles. The van der Waals surface area contributed by atoms with Gasteiger partial charge in [-0.15, -0.1) is 11.3 Å². The van der Waals surface area contributed by atoms with E-state index in [0.717, 1.165) is 22.7 Å². The topological polar surface area (TPSA) is 78.1 Å². The number of aryl methyl sites for hydroxylation is 1. The van der Waals surface area contributed by atoms with Gasteiger partial charge in [-0.2, -0.15) is 0 Å². The lowest BCUT2D eigenvalue weighted by Gasteiger charge is -2.17. The van der Waals surface area contributed by atoms with Crippen LogP contribution in [0.25, 0.3) is 10.9 Å². The number of aromatic nitrogens is 3. The number of benzene rings is 1. The number of esters is 1. The van der Waals surface area contributed by atoms with E-state index >= 15 is 0 Å². The lowest BCUT2D eigenvalue weighted by atomic mass is 9.91. The minimum Gasteiger partial charge on any atom is -0.466 e. The highest BCUT2D eigenvalue weighted by molar-refractivity contribution is 7.09. The summed E-state index contributed by atoms with van der Waals surface area (Å²) in [6.07, 6.45) is 3.42. The number of furan rings is 1. The van der Waals surface area contributed by atoms with E-state index in [1.807, 2.05) is 48.8 Å². The third-order valence-electron chi connectivity index (χ3n) is 6.66. The molecular weight excluding hydrogens is 591 g/mol. The molecule has 0 amide bonds. The Hall–Kier alpha value is -3.84. The first kappa shape index (κ1) is 38.3. The maximum absolute atomic E-state index is 11.3. The predicted molar refractivity (Wildman–Crippen MR) is 193 cm³/mol. The molecular formula is C39H53N3O3S. The molecule has 0 radical (unpaired) electrons. The largest absolute Gasteiger partial charge is 0.466 e. The van der Waals surface area contributed by atoms with E-state index in [9.17, 15) is 4.79 Å². The summed E-state index contributed by atoms with van der Waals surface area (Å²) in [5.74, 6) is 2.78. The third-order valence-corrected chi connectivity index (χ3v) is 7.86. The van der Waals surface area contributed by atoms with Gasteiger partial charge in [0.15, 0.2) is 0 Å². The number of carbonyl (C=O) groups excluding carboxylic acids is 1. The summed E-state index contributed by atoms with van der Waals surface area (Å²) in [6, 6.07) is 20.1. The van der Waals surface area contributed by atoms with Gasteiger partial charge in [0.25, 0.3) is 0 Å². The van der Waals surface area contributed by atoms with Crippen molar-refractivity contribution in [2.45, 2.75) is 106 Å². The molecule has 5 aromatic rings. The highest BCUT2D eigenvalue weighted by Gasteiger charge is 2.16. The summed E-state index contributed by atoms with van der Waals surface area (Å²) in [4.78, 5) is 24.4. The summed E-state index contributed by atoms with van der Waals surface area (Å²) in [6.45, 7) is 25.5. The van der Waals surface area contributed by atoms with E-state index in [1.54, 1.807) is 30.5 Å². The molecule has 6 nitrogen and oxygen atoms in total. The third kappa shape index (κ3) is 12.9. The molecule has 4 aromatic heterocycles. The van der Waals surface area contributed by atoms with E-state index in [-0.39, 0.29) is 16.8 Å². The SMILES string of the molecule is CC(C)(C)c1nccs1.CC(C)c1ccc2ccccc2n1.CCOC(=O)c1ccc(C(C)(C)C)nc1.Cc1ccc(C(C)C)o1. The first-order chi connectivity index (χ1) is 21.5. The molecule has 0 bridgehead atoms. The van der Waals surface area contributed by atoms with Gasteiger partial charge < -0.3 is 9.15 Å². The number of hydrogen-bond donors (Lipinski definition) is 0. The number of thiazole rings is 1. The predicted octanol–water partition coefficient (Wildman–Crippen LogP) is 11.1. The van der Waals surface area contributed by atoms with Crippen LogP contribution in [0.15, 0.2) is 82.9 Å². The number of pyridine rings is 2. The zero-order valence-electron chi connectivity index (χ0n) is 29.8. The van der Waals surface area contributed by atoms with Gasteiger partial charge in [-0.25, -0.2) is 9.78 Å². The molecule has 0 aliphatic heterocycles. The van der Waals surface area contributed by atoms with Crippen molar-refractivity contribution in [1.82, 2.24) is 15.0 Å². The summed E-state index contributed by atoms with van der Waals surface area (Å²) < 4.78 is 10.2. The second-order valence-electron chi connectivity index (χ2n) is 13.7. The molecule has 0 atom stereocenters. The van der Waals surface area contributed by atoms with Crippen molar-refractivity contribution in [3.8, 4) is 0 Å². The Balaban J connectivity index is 0.000000218. The summed E-state index contributed by atoms with van der Waals surface area (Å²) >= 11 is 1.72. The monoisotopic (exact) mass is 643 g/mol. The average Bonchev–Trinajstić information content (AvgIpc) is 3.71. The van der Waals surface area contributed by atoms with E-state index in [1.165, 1.54) is 16.1 Å². The molecule has 0 aliphatic rings. The molecule has 0 N–H and O–H groups in total. The second-order valence-corrected chi connectivity index (χ2v) is 14.6. The molecule has 0 fully saturated rings. The van der Waals surface area contributed by atoms with Crippen molar-refractivity contribution < 1.29 is 13.9 Å². The zero-order chi connectivity index (χ0) is 34.5. The molecule has 0 saturated carbocycles. The number of fused-ring (bicyclic) bond motifs is 1. The standard InChI is InChI=1S/C12H17NO2.C12H13N.C8H12O.C7H11NS/c1-5-15-11(14)9-6-7-10(13-8-9)12(2,3)4;1-9(2)11-8-7-10-5-3-4-6-12(10)13-11;1-6(2)8-5-4-7(3)9-8;1-7(2,3)6-8-4-5-9-6/h6-8H,5H2,1-4H3;3-9H,1-2H3;4-6H,1-3H3;4-5H,1-3H3. The molecule has 46 heavy (non-hydrogen) atoms. The number of ether oxygens (including phenoxy) is 1. The lowest BCUT2D eigenvalue weighted by Crippen LogP contribution is -2.14. The van der Waals surface area contributed by atoms with Crippen molar-refractivity contribution in [3.63, 3.8) is 0 Å². The molecule has 1 aromatic carbocycles. The van der Waals surface area contributed by atoms with Crippen LogP contribution in [0.3, 0.4) is 0 Å². The van der Waals surface area contributed by atoms with E-state index in [2.05, 4.69) is 108 Å². The number of rotatable bonds is 4. The summed E-state index contributed by atoms with van der Waals surface area (Å²) in [5.41, 5.74) is 3.97. The van der Waals surface area contributed by atoms with E-state index in [4.69, 9.17) is 9.15 Å². The summed E-state index contributed by atoms with van der Waals surface area (Å²) in [5, 5.41) is 4.44. The normalized spacial score (nSPS) is 11.2. The lowest BCUT2D eigenvalue weighted by molar-refractivity contribution is 0.0525. The Labute approximate surface area is 280 Å². The van der Waals surface area contributed by atoms with Crippen LogP contribution in [0, 0.1) is 6.92 Å². The minimum absolute atomic E-state index is 0.00713. The van der Waals surface area contributed by atoms with Crippen LogP contribution in [0.1, 0.15) is 126 Å². The number of para-hydroxylation sites is 1. The van der Waals surface area contributed by atoms with Crippen molar-refractivity contribution >= 4 is 28.2 Å². The number of hydrogen-bond acceptors (Lipinski definition) is 7. The first-order valence-electron chi connectivity index (χ1n) is 16.0. The van der Waals surface area contributed by atoms with Crippen LogP contribution in [0.5, 0.6) is 0 Å². The maximum atomic E-state index is 11.3. The van der Waals surface area contributed by atoms with Gasteiger partial charge in [0, 0.05) is 51.3 Å². The van der Waals surface area contributed by atoms with E-state index < -0.39 is 0 Å². The van der Waals surface area contributed by atoms with Gasteiger partial charge in [0.1, 0.15) is 11.5 Å². The fourth-order valence-electron chi connectivity index (χ4n) is 3.93. The van der Waals surface area contributed by atoms with Crippen LogP contribution >= 0.6 is 11.3 Å². The van der Waals surface area contributed by atoms with Crippen molar-refractivity contribution in [2.24, 2.45) is 0 Å². The maximum Gasteiger partial charge on any atom is 0.339 e. The van der Waals surface area contributed by atoms with Gasteiger partial charge in [-0.3, -0.25) is 9.97 Å². The Morgan fingerprint density at radius 2 is 1.54 bits per heavy atom. The summed E-state index contributed by atoms with van der Waals surface area (Å²) in [7, 11) is 0. The highest BCUT2D eigenvalue weighted by atomic mass is 32.1. The molecule has 4 heterocycles. The average molecular weight is 644 g/mol. The van der Waals surface area contributed by atoms with Gasteiger partial charge in [-0.05, 0) is 56.2 Å². The van der Waals surface area contributed by atoms with Crippen LogP contribution in [0.2, 0.25) is 0 Å².